The van der Waals surface area contributed by atoms with Gasteiger partial charge < -0.3 is 10.1 Å². The summed E-state index contributed by atoms with van der Waals surface area (Å²) in [5.74, 6) is 0.837. The third-order valence-corrected chi connectivity index (χ3v) is 3.53. The lowest BCUT2D eigenvalue weighted by Gasteiger charge is -2.12. The van der Waals surface area contributed by atoms with Crippen molar-refractivity contribution in [2.24, 2.45) is 0 Å². The molecule has 0 aliphatic heterocycles. The van der Waals surface area contributed by atoms with Crippen LogP contribution in [0.5, 0.6) is 5.75 Å². The number of hydrogen-bond donors (Lipinski definition) is 1. The summed E-state index contributed by atoms with van der Waals surface area (Å²) in [6.45, 7) is 4.17. The number of pyridine rings is 1. The number of nitrogens with one attached hydrogen (secondary N) is 2. The maximum absolute atomic E-state index is 5.41. The Hall–Kier alpha value is -2.55. The van der Waals surface area contributed by atoms with Crippen LogP contribution in [0.4, 0.5) is 11.4 Å². The van der Waals surface area contributed by atoms with Crippen molar-refractivity contribution in [2.75, 3.05) is 12.4 Å². The van der Waals surface area contributed by atoms with Crippen molar-refractivity contribution in [2.45, 2.75) is 13.8 Å². The molecule has 0 atom stereocenters. The number of para-hydroxylation sites is 2. The number of benzene rings is 2. The van der Waals surface area contributed by atoms with E-state index in [1.165, 1.54) is 10.9 Å². The Morgan fingerprint density at radius 1 is 0.952 bits per heavy atom. The number of hydrogen-bond acceptors (Lipinski definition) is 2. The molecule has 3 aromatic rings. The maximum Gasteiger partial charge on any atom is 0.213 e. The van der Waals surface area contributed by atoms with Crippen molar-refractivity contribution in [3.8, 4) is 5.75 Å². The third kappa shape index (κ3) is 2.68. The van der Waals surface area contributed by atoms with Gasteiger partial charge in [0, 0.05) is 19.1 Å². The van der Waals surface area contributed by atoms with Gasteiger partial charge in [0.15, 0.2) is 5.69 Å². The van der Waals surface area contributed by atoms with E-state index in [1.807, 2.05) is 24.3 Å². The summed E-state index contributed by atoms with van der Waals surface area (Å²) in [6, 6.07) is 16.5. The molecule has 106 valence electrons. The zero-order valence-corrected chi connectivity index (χ0v) is 12.5. The van der Waals surface area contributed by atoms with Crippen LogP contribution in [-0.4, -0.2) is 7.11 Å². The molecule has 2 N–H and O–H groups in total. The predicted molar refractivity (Wildman–Crippen MR) is 86.3 cm³/mol. The van der Waals surface area contributed by atoms with E-state index in [9.17, 15) is 0 Å². The molecule has 0 aliphatic rings. The lowest BCUT2D eigenvalue weighted by atomic mass is 10.1. The highest BCUT2D eigenvalue weighted by atomic mass is 16.5. The zero-order chi connectivity index (χ0) is 14.8. The Morgan fingerprint density at radius 2 is 1.76 bits per heavy atom. The number of aromatic amines is 1. The number of methoxy groups -OCH3 is 1. The molecular weight excluding hydrogens is 260 g/mol. The molecule has 0 amide bonds. The van der Waals surface area contributed by atoms with Crippen LogP contribution in [0.3, 0.4) is 0 Å². The maximum atomic E-state index is 5.41. The van der Waals surface area contributed by atoms with Crippen LogP contribution < -0.4 is 15.0 Å². The van der Waals surface area contributed by atoms with Gasteiger partial charge in [0.1, 0.15) is 5.75 Å². The first kappa shape index (κ1) is 13.4. The molecule has 2 aromatic carbocycles. The van der Waals surface area contributed by atoms with Gasteiger partial charge in [0.25, 0.3) is 0 Å². The summed E-state index contributed by atoms with van der Waals surface area (Å²) < 4.78 is 5.41. The van der Waals surface area contributed by atoms with Crippen LogP contribution in [0, 0.1) is 13.8 Å². The summed E-state index contributed by atoms with van der Waals surface area (Å²) in [7, 11) is 1.69. The van der Waals surface area contributed by atoms with Gasteiger partial charge in [0.2, 0.25) is 5.52 Å². The van der Waals surface area contributed by atoms with Crippen LogP contribution in [0.1, 0.15) is 11.3 Å². The van der Waals surface area contributed by atoms with Crippen molar-refractivity contribution >= 4 is 22.3 Å². The Bertz CT molecular complexity index is 796. The van der Waals surface area contributed by atoms with E-state index in [1.54, 1.807) is 7.11 Å². The van der Waals surface area contributed by atoms with E-state index in [0.717, 1.165) is 28.3 Å². The van der Waals surface area contributed by atoms with Crippen molar-refractivity contribution in [3.05, 3.63) is 59.8 Å². The minimum Gasteiger partial charge on any atom is -0.495 e. The van der Waals surface area contributed by atoms with Gasteiger partial charge in [-0.2, -0.15) is 0 Å². The first-order valence-corrected chi connectivity index (χ1v) is 7.01. The highest BCUT2D eigenvalue weighted by molar-refractivity contribution is 5.92. The minimum absolute atomic E-state index is 0.837. The Morgan fingerprint density at radius 3 is 2.57 bits per heavy atom. The van der Waals surface area contributed by atoms with E-state index < -0.39 is 0 Å². The van der Waals surface area contributed by atoms with Crippen LogP contribution in [0.15, 0.2) is 48.5 Å². The average Bonchev–Trinajstić information content (AvgIpc) is 2.48. The summed E-state index contributed by atoms with van der Waals surface area (Å²) >= 11 is 0. The van der Waals surface area contributed by atoms with Crippen LogP contribution in [0.2, 0.25) is 0 Å². The summed E-state index contributed by atoms with van der Waals surface area (Å²) in [4.78, 5) is 3.40. The van der Waals surface area contributed by atoms with Gasteiger partial charge in [0.05, 0.1) is 23.9 Å². The molecule has 1 heterocycles. The molecule has 21 heavy (non-hydrogen) atoms. The standard InChI is InChI=1S/C18H18N2O/c1-12-8-9-15-14(10-12)17(11-13(2)19-15)20-16-6-4-5-7-18(16)21-3/h4-11H,1-3H3,(H,19,20)/p+1. The summed E-state index contributed by atoms with van der Waals surface area (Å²) in [6.07, 6.45) is 0. The monoisotopic (exact) mass is 279 g/mol. The number of aryl methyl sites for hydroxylation is 2. The molecular formula is C18H19N2O+. The van der Waals surface area contributed by atoms with Gasteiger partial charge in [-0.05, 0) is 30.7 Å². The topological polar surface area (TPSA) is 35.4 Å². The number of anilines is 2. The van der Waals surface area contributed by atoms with E-state index in [4.69, 9.17) is 4.74 Å². The lowest BCUT2D eigenvalue weighted by molar-refractivity contribution is -0.354. The van der Waals surface area contributed by atoms with Crippen molar-refractivity contribution in [1.82, 2.24) is 0 Å². The predicted octanol–water partition coefficient (Wildman–Crippen LogP) is 4.02. The van der Waals surface area contributed by atoms with Crippen molar-refractivity contribution in [1.29, 1.82) is 0 Å². The van der Waals surface area contributed by atoms with Crippen LogP contribution in [0.25, 0.3) is 10.9 Å². The minimum atomic E-state index is 0.837. The molecule has 0 spiro atoms. The molecule has 0 saturated carbocycles. The Kier molecular flexibility index (Phi) is 3.48. The first-order valence-electron chi connectivity index (χ1n) is 7.01. The van der Waals surface area contributed by atoms with Crippen LogP contribution in [-0.2, 0) is 0 Å². The van der Waals surface area contributed by atoms with Gasteiger partial charge in [-0.15, -0.1) is 0 Å². The van der Waals surface area contributed by atoms with E-state index in [2.05, 4.69) is 48.4 Å². The lowest BCUT2D eigenvalue weighted by Crippen LogP contribution is -2.10. The fourth-order valence-electron chi connectivity index (χ4n) is 2.53. The highest BCUT2D eigenvalue weighted by Crippen LogP contribution is 2.30. The fraction of sp³-hybridized carbons (Fsp3) is 0.167. The number of aromatic nitrogens is 1. The van der Waals surface area contributed by atoms with Crippen LogP contribution >= 0.6 is 0 Å². The fourth-order valence-corrected chi connectivity index (χ4v) is 2.53. The van der Waals surface area contributed by atoms with Gasteiger partial charge >= 0.3 is 0 Å². The van der Waals surface area contributed by atoms with E-state index in [0.29, 0.717) is 0 Å². The molecule has 0 saturated heterocycles. The average molecular weight is 279 g/mol. The smallest absolute Gasteiger partial charge is 0.213 e. The SMILES string of the molecule is COc1ccccc1Nc1cc(C)[nH+]c2ccc(C)cc12. The quantitative estimate of drug-likeness (QED) is 0.786. The van der Waals surface area contributed by atoms with Gasteiger partial charge in [-0.25, -0.2) is 4.98 Å². The summed E-state index contributed by atoms with van der Waals surface area (Å²) in [5, 5.41) is 4.66. The molecule has 0 bridgehead atoms. The van der Waals surface area contributed by atoms with Crippen molar-refractivity contribution in [3.63, 3.8) is 0 Å². The second kappa shape index (κ2) is 5.44. The number of ether oxygens (including phenoxy) is 1. The Labute approximate surface area is 124 Å². The largest absolute Gasteiger partial charge is 0.495 e. The third-order valence-electron chi connectivity index (χ3n) is 3.53. The molecule has 0 aliphatic carbocycles. The Balaban J connectivity index is 2.13. The normalized spacial score (nSPS) is 10.6. The number of H-pyrrole nitrogens is 1. The summed E-state index contributed by atoms with van der Waals surface area (Å²) in [5.41, 5.74) is 5.52. The first-order chi connectivity index (χ1) is 10.2. The molecule has 0 unspecified atom stereocenters. The second-order valence-corrected chi connectivity index (χ2v) is 5.24. The highest BCUT2D eigenvalue weighted by Gasteiger charge is 2.11. The molecule has 1 aromatic heterocycles. The molecule has 0 fully saturated rings. The molecule has 0 radical (unpaired) electrons. The second-order valence-electron chi connectivity index (χ2n) is 5.24. The molecule has 3 nitrogen and oxygen atoms in total. The van der Waals surface area contributed by atoms with Gasteiger partial charge in [-0.3, -0.25) is 0 Å². The number of rotatable bonds is 3. The van der Waals surface area contributed by atoms with E-state index >= 15 is 0 Å². The molecule has 3 heteroatoms. The zero-order valence-electron chi connectivity index (χ0n) is 12.5. The number of fused-ring (bicyclic) bond motifs is 1. The van der Waals surface area contributed by atoms with Gasteiger partial charge in [-0.1, -0.05) is 18.2 Å². The molecule has 3 rings (SSSR count). The van der Waals surface area contributed by atoms with Crippen molar-refractivity contribution < 1.29 is 9.72 Å². The van der Waals surface area contributed by atoms with E-state index in [-0.39, 0.29) is 0 Å².